The molecule has 9 aromatic carbocycles. The van der Waals surface area contributed by atoms with Crippen molar-refractivity contribution in [3.63, 3.8) is 0 Å². The SMILES string of the molecule is [C-]#[N+]c1ccc(N(c2ccc(C(C)C)cc2)c2ccc3cc4c(cc3c2)oc2cc3oc5cc6cc(N(c7ccc(C#N)cc7)c7ccc(C(C)C)cc7)ccc6cc5c3cc24)cc1. The maximum absolute atomic E-state index is 9.50. The molecule has 0 fully saturated rings. The van der Waals surface area contributed by atoms with Gasteiger partial charge >= 0.3 is 0 Å². The summed E-state index contributed by atoms with van der Waals surface area (Å²) < 4.78 is 13.2. The summed E-state index contributed by atoms with van der Waals surface area (Å²) in [6.45, 7) is 16.3. The van der Waals surface area contributed by atoms with Crippen LogP contribution in [0.1, 0.15) is 56.2 Å². The number of furan rings is 2. The second kappa shape index (κ2) is 15.2. The van der Waals surface area contributed by atoms with Gasteiger partial charge in [-0.1, -0.05) is 76.2 Å². The monoisotopic (exact) mass is 826 g/mol. The molecule has 306 valence electrons. The zero-order valence-electron chi connectivity index (χ0n) is 35.9. The average molecular weight is 827 g/mol. The lowest BCUT2D eigenvalue weighted by atomic mass is 10.0. The van der Waals surface area contributed by atoms with Crippen LogP contribution in [0.4, 0.5) is 39.8 Å². The Morgan fingerprint density at radius 3 is 1.20 bits per heavy atom. The molecule has 0 saturated carbocycles. The first kappa shape index (κ1) is 38.6. The van der Waals surface area contributed by atoms with Crippen LogP contribution in [0.2, 0.25) is 0 Å². The highest BCUT2D eigenvalue weighted by atomic mass is 16.3. The van der Waals surface area contributed by atoms with E-state index in [2.05, 4.69) is 164 Å². The molecule has 0 bridgehead atoms. The van der Waals surface area contributed by atoms with Crippen molar-refractivity contribution in [1.29, 1.82) is 5.26 Å². The van der Waals surface area contributed by atoms with Gasteiger partial charge in [-0.15, -0.1) is 0 Å². The average Bonchev–Trinajstić information content (AvgIpc) is 3.85. The van der Waals surface area contributed by atoms with E-state index in [9.17, 15) is 5.26 Å². The van der Waals surface area contributed by atoms with Crippen molar-refractivity contribution in [3.05, 3.63) is 198 Å². The standard InChI is InChI=1S/C58H42N4O2/c1-35(2)38-8-18-46(19-9-38)61(45-16-6-37(34-59)7-17-45)49-22-12-40-28-51-53-32-54-52-29-41-13-23-50(27-43(41)31-56(52)64-58(54)33-57(53)63-55(51)30-42(40)26-49)62(48-24-14-44(60-5)15-25-48)47-20-10-39(11-21-47)36(3)4/h6-33,35-36H,1-4H3. The van der Waals surface area contributed by atoms with E-state index in [0.717, 1.165) is 99.5 Å². The summed E-state index contributed by atoms with van der Waals surface area (Å²) in [6.07, 6.45) is 0. The Bertz CT molecular complexity index is 3430. The van der Waals surface area contributed by atoms with Gasteiger partial charge in [-0.2, -0.15) is 5.26 Å². The molecule has 0 amide bonds. The normalized spacial score (nSPS) is 11.7. The van der Waals surface area contributed by atoms with E-state index >= 15 is 0 Å². The minimum Gasteiger partial charge on any atom is -0.456 e. The number of hydrogen-bond acceptors (Lipinski definition) is 5. The Balaban J connectivity index is 0.981. The van der Waals surface area contributed by atoms with Crippen LogP contribution in [-0.2, 0) is 0 Å². The molecule has 64 heavy (non-hydrogen) atoms. The van der Waals surface area contributed by atoms with E-state index in [-0.39, 0.29) is 0 Å². The third-order valence-electron chi connectivity index (χ3n) is 12.6. The number of hydrogen-bond donors (Lipinski definition) is 0. The molecule has 0 spiro atoms. The molecule has 0 aliphatic carbocycles. The van der Waals surface area contributed by atoms with Crippen molar-refractivity contribution in [3.8, 4) is 6.07 Å². The Hall–Kier alpha value is -8.32. The Morgan fingerprint density at radius 1 is 0.422 bits per heavy atom. The van der Waals surface area contributed by atoms with Crippen LogP contribution in [0.5, 0.6) is 0 Å². The summed E-state index contributed by atoms with van der Waals surface area (Å²) in [4.78, 5) is 8.09. The third-order valence-corrected chi connectivity index (χ3v) is 12.6. The van der Waals surface area contributed by atoms with E-state index in [1.165, 1.54) is 11.1 Å². The zero-order chi connectivity index (χ0) is 43.6. The van der Waals surface area contributed by atoms with Crippen molar-refractivity contribution in [1.82, 2.24) is 0 Å². The van der Waals surface area contributed by atoms with Crippen molar-refractivity contribution in [2.75, 3.05) is 9.80 Å². The first-order valence-electron chi connectivity index (χ1n) is 21.7. The molecular formula is C58H42N4O2. The lowest BCUT2D eigenvalue weighted by Crippen LogP contribution is -2.10. The van der Waals surface area contributed by atoms with Crippen LogP contribution in [0, 0.1) is 17.9 Å². The first-order valence-corrected chi connectivity index (χ1v) is 21.7. The molecule has 0 N–H and O–H groups in total. The van der Waals surface area contributed by atoms with E-state index in [0.29, 0.717) is 23.1 Å². The second-order valence-electron chi connectivity index (χ2n) is 17.3. The minimum atomic E-state index is 0.430. The van der Waals surface area contributed by atoms with Crippen LogP contribution >= 0.6 is 0 Å². The molecule has 0 saturated heterocycles. The third kappa shape index (κ3) is 6.65. The summed E-state index contributed by atoms with van der Waals surface area (Å²) in [7, 11) is 0. The summed E-state index contributed by atoms with van der Waals surface area (Å²) in [5, 5.41) is 18.0. The van der Waals surface area contributed by atoms with E-state index in [1.807, 2.05) is 54.6 Å². The highest BCUT2D eigenvalue weighted by Gasteiger charge is 2.19. The van der Waals surface area contributed by atoms with Crippen LogP contribution in [0.3, 0.4) is 0 Å². The Morgan fingerprint density at radius 2 is 0.797 bits per heavy atom. The molecule has 0 unspecified atom stereocenters. The lowest BCUT2D eigenvalue weighted by molar-refractivity contribution is 0.656. The van der Waals surface area contributed by atoms with E-state index in [4.69, 9.17) is 15.4 Å². The van der Waals surface area contributed by atoms with Gasteiger partial charge in [0.1, 0.15) is 22.3 Å². The topological polar surface area (TPSA) is 60.9 Å². The molecule has 6 heteroatoms. The fourth-order valence-corrected chi connectivity index (χ4v) is 9.06. The van der Waals surface area contributed by atoms with Crippen LogP contribution in [-0.4, -0.2) is 0 Å². The van der Waals surface area contributed by atoms with Gasteiger partial charge in [-0.3, -0.25) is 0 Å². The van der Waals surface area contributed by atoms with Crippen LogP contribution in [0.25, 0.3) is 70.3 Å². The smallest absolute Gasteiger partial charge is 0.187 e. The minimum absolute atomic E-state index is 0.430. The predicted molar refractivity (Wildman–Crippen MR) is 265 cm³/mol. The Labute approximate surface area is 371 Å². The zero-order valence-corrected chi connectivity index (χ0v) is 35.9. The number of rotatable bonds is 8. The molecule has 0 radical (unpaired) electrons. The first-order chi connectivity index (χ1) is 31.2. The summed E-state index contributed by atoms with van der Waals surface area (Å²) in [6, 6.07) is 61.3. The molecule has 6 nitrogen and oxygen atoms in total. The summed E-state index contributed by atoms with van der Waals surface area (Å²) in [5.41, 5.74) is 13.0. The Kier molecular flexibility index (Phi) is 9.19. The fourth-order valence-electron chi connectivity index (χ4n) is 9.06. The highest BCUT2D eigenvalue weighted by molar-refractivity contribution is 6.18. The largest absolute Gasteiger partial charge is 0.456 e. The van der Waals surface area contributed by atoms with Crippen molar-refractivity contribution in [2.24, 2.45) is 0 Å². The van der Waals surface area contributed by atoms with Gasteiger partial charge in [0.2, 0.25) is 0 Å². The van der Waals surface area contributed by atoms with Gasteiger partial charge in [0.25, 0.3) is 0 Å². The number of nitriles is 1. The summed E-state index contributed by atoms with van der Waals surface area (Å²) >= 11 is 0. The summed E-state index contributed by atoms with van der Waals surface area (Å²) in [5.74, 6) is 0.863. The van der Waals surface area contributed by atoms with E-state index in [1.54, 1.807) is 0 Å². The number of anilines is 6. The molecule has 2 heterocycles. The van der Waals surface area contributed by atoms with Crippen molar-refractivity contribution in [2.45, 2.75) is 39.5 Å². The quantitative estimate of drug-likeness (QED) is 0.143. The lowest BCUT2D eigenvalue weighted by Gasteiger charge is -2.26. The van der Waals surface area contributed by atoms with Crippen molar-refractivity contribution >= 4 is 105 Å². The number of benzene rings is 9. The molecule has 0 aliphatic heterocycles. The van der Waals surface area contributed by atoms with Crippen LogP contribution < -0.4 is 9.80 Å². The van der Waals surface area contributed by atoms with Crippen molar-refractivity contribution < 1.29 is 8.83 Å². The molecule has 11 rings (SSSR count). The predicted octanol–water partition coefficient (Wildman–Crippen LogP) is 17.4. The molecular weight excluding hydrogens is 785 g/mol. The molecule has 0 atom stereocenters. The van der Waals surface area contributed by atoms with Gasteiger partial charge in [-0.25, -0.2) is 4.85 Å². The second-order valence-corrected chi connectivity index (χ2v) is 17.3. The van der Waals surface area contributed by atoms with Gasteiger partial charge in [-0.05, 0) is 160 Å². The molecule has 0 aliphatic rings. The number of fused-ring (bicyclic) bond motifs is 8. The van der Waals surface area contributed by atoms with Gasteiger partial charge in [0.05, 0.1) is 18.2 Å². The van der Waals surface area contributed by atoms with E-state index < -0.39 is 0 Å². The van der Waals surface area contributed by atoms with Crippen LogP contribution in [0.15, 0.2) is 179 Å². The highest BCUT2D eigenvalue weighted by Crippen LogP contribution is 2.43. The molecule has 2 aromatic heterocycles. The number of nitrogens with zero attached hydrogens (tertiary/aromatic N) is 4. The molecule has 11 aromatic rings. The maximum atomic E-state index is 9.50. The van der Waals surface area contributed by atoms with Gasteiger partial charge in [0, 0.05) is 61.7 Å². The maximum Gasteiger partial charge on any atom is 0.187 e. The van der Waals surface area contributed by atoms with Gasteiger partial charge in [0.15, 0.2) is 5.69 Å². The fraction of sp³-hybridized carbons (Fsp3) is 0.103. The van der Waals surface area contributed by atoms with Gasteiger partial charge < -0.3 is 18.6 Å².